The summed E-state index contributed by atoms with van der Waals surface area (Å²) in [7, 11) is 0. The molecule has 0 fully saturated rings. The van der Waals surface area contributed by atoms with Gasteiger partial charge >= 0.3 is 0 Å². The van der Waals surface area contributed by atoms with Crippen LogP contribution in [-0.2, 0) is 0 Å². The molecule has 0 N–H and O–H groups in total. The molecule has 0 heteroatoms. The topological polar surface area (TPSA) is 0 Å². The summed E-state index contributed by atoms with van der Waals surface area (Å²) >= 11 is 0. The molecule has 0 heterocycles. The molecule has 1 atom stereocenters. The molecule has 0 saturated carbocycles. The molecule has 0 saturated heterocycles. The molecule has 0 aromatic heterocycles. The third-order valence-electron chi connectivity index (χ3n) is 10.1. The van der Waals surface area contributed by atoms with E-state index in [9.17, 15) is 0 Å². The molecule has 0 spiro atoms. The van der Waals surface area contributed by atoms with Crippen LogP contribution in [0.2, 0.25) is 0 Å². The van der Waals surface area contributed by atoms with E-state index in [1.807, 2.05) is 0 Å². The van der Waals surface area contributed by atoms with Gasteiger partial charge in [0.1, 0.15) is 0 Å². The Morgan fingerprint density at radius 2 is 0.357 bits per heavy atom. The summed E-state index contributed by atoms with van der Waals surface area (Å²) < 4.78 is 0. The minimum Gasteiger partial charge on any atom is -0.0654 e. The van der Waals surface area contributed by atoms with E-state index in [0.717, 1.165) is 5.92 Å². The zero-order valence-corrected chi connectivity index (χ0v) is 30.4. The zero-order chi connectivity index (χ0) is 30.4. The molecule has 0 aromatic rings. The lowest BCUT2D eigenvalue weighted by atomic mass is 9.90. The molecule has 0 aliphatic heterocycles. The highest BCUT2D eigenvalue weighted by atomic mass is 14.1. The van der Waals surface area contributed by atoms with Crippen LogP contribution in [0, 0.1) is 5.92 Å². The van der Waals surface area contributed by atoms with Crippen molar-refractivity contribution in [2.75, 3.05) is 0 Å². The van der Waals surface area contributed by atoms with Gasteiger partial charge in [-0.2, -0.15) is 0 Å². The Labute approximate surface area is 270 Å². The van der Waals surface area contributed by atoms with Crippen molar-refractivity contribution < 1.29 is 0 Å². The standard InChI is InChI=1S/C42H86/c1-4-7-10-12-14-16-18-20-22-23-24-26-28-30-32-34-36-38-41-42(39-9-6-3)40-37-35-33-31-29-27-25-21-19-17-15-13-11-8-5-2/h42H,4-41H2,1-3H3. The molecule has 0 nitrogen and oxygen atoms in total. The minimum absolute atomic E-state index is 1.04. The van der Waals surface area contributed by atoms with Crippen molar-refractivity contribution in [1.82, 2.24) is 0 Å². The van der Waals surface area contributed by atoms with Crippen molar-refractivity contribution in [1.29, 1.82) is 0 Å². The smallest absolute Gasteiger partial charge is 0.0414 e. The van der Waals surface area contributed by atoms with Crippen LogP contribution < -0.4 is 0 Å². The second kappa shape index (κ2) is 39.0. The van der Waals surface area contributed by atoms with E-state index in [2.05, 4.69) is 20.8 Å². The van der Waals surface area contributed by atoms with Crippen LogP contribution in [0.4, 0.5) is 0 Å². The lowest BCUT2D eigenvalue weighted by Gasteiger charge is -2.16. The molecule has 0 rings (SSSR count). The quantitative estimate of drug-likeness (QED) is 0.0627. The van der Waals surface area contributed by atoms with Gasteiger partial charge in [0.2, 0.25) is 0 Å². The van der Waals surface area contributed by atoms with E-state index in [-0.39, 0.29) is 0 Å². The van der Waals surface area contributed by atoms with E-state index in [1.165, 1.54) is 244 Å². The van der Waals surface area contributed by atoms with Gasteiger partial charge in [-0.3, -0.25) is 0 Å². The average Bonchev–Trinajstić information content (AvgIpc) is 3.00. The van der Waals surface area contributed by atoms with E-state index in [4.69, 9.17) is 0 Å². The van der Waals surface area contributed by atoms with Crippen molar-refractivity contribution in [3.8, 4) is 0 Å². The summed E-state index contributed by atoms with van der Waals surface area (Å²) in [5, 5.41) is 0. The van der Waals surface area contributed by atoms with E-state index >= 15 is 0 Å². The van der Waals surface area contributed by atoms with Gasteiger partial charge in [0, 0.05) is 0 Å². The second-order valence-corrected chi connectivity index (χ2v) is 14.5. The Kier molecular flexibility index (Phi) is 39.0. The Balaban J connectivity index is 3.43. The molecular formula is C42H86. The molecule has 42 heavy (non-hydrogen) atoms. The molecule has 1 unspecified atom stereocenters. The molecule has 0 aliphatic carbocycles. The largest absolute Gasteiger partial charge is 0.0654 e. The van der Waals surface area contributed by atoms with Crippen LogP contribution in [0.25, 0.3) is 0 Å². The first-order valence-electron chi connectivity index (χ1n) is 20.8. The van der Waals surface area contributed by atoms with Crippen molar-refractivity contribution in [2.24, 2.45) is 5.92 Å². The van der Waals surface area contributed by atoms with Gasteiger partial charge in [0.15, 0.2) is 0 Å². The Morgan fingerprint density at radius 1 is 0.190 bits per heavy atom. The van der Waals surface area contributed by atoms with Crippen molar-refractivity contribution in [3.63, 3.8) is 0 Å². The highest BCUT2D eigenvalue weighted by Gasteiger charge is 2.08. The third-order valence-corrected chi connectivity index (χ3v) is 10.1. The van der Waals surface area contributed by atoms with Gasteiger partial charge in [-0.05, 0) is 5.92 Å². The summed E-state index contributed by atoms with van der Waals surface area (Å²) in [4.78, 5) is 0. The first-order valence-corrected chi connectivity index (χ1v) is 20.8. The van der Waals surface area contributed by atoms with Crippen LogP contribution in [-0.4, -0.2) is 0 Å². The first kappa shape index (κ1) is 42.0. The van der Waals surface area contributed by atoms with Crippen LogP contribution in [0.15, 0.2) is 0 Å². The summed E-state index contributed by atoms with van der Waals surface area (Å²) in [6, 6.07) is 0. The van der Waals surface area contributed by atoms with Crippen LogP contribution >= 0.6 is 0 Å². The van der Waals surface area contributed by atoms with E-state index in [1.54, 1.807) is 0 Å². The van der Waals surface area contributed by atoms with Gasteiger partial charge in [0.05, 0.1) is 0 Å². The van der Waals surface area contributed by atoms with Crippen LogP contribution in [0.3, 0.4) is 0 Å². The van der Waals surface area contributed by atoms with Crippen molar-refractivity contribution in [3.05, 3.63) is 0 Å². The van der Waals surface area contributed by atoms with E-state index in [0.29, 0.717) is 0 Å². The molecule has 0 aliphatic rings. The van der Waals surface area contributed by atoms with Gasteiger partial charge in [-0.15, -0.1) is 0 Å². The molecular weight excluding hydrogens is 504 g/mol. The fourth-order valence-electron chi connectivity index (χ4n) is 7.06. The normalized spacial score (nSPS) is 12.4. The SMILES string of the molecule is CCCCCCCCCCCCCCCCCCCCC(CCCC)CCCCCCCCCCCCCCCCC. The first-order chi connectivity index (χ1) is 20.8. The number of hydrogen-bond acceptors (Lipinski definition) is 0. The third kappa shape index (κ3) is 36.2. The molecule has 0 radical (unpaired) electrons. The second-order valence-electron chi connectivity index (χ2n) is 14.5. The fraction of sp³-hybridized carbons (Fsp3) is 1.00. The number of hydrogen-bond donors (Lipinski definition) is 0. The van der Waals surface area contributed by atoms with Gasteiger partial charge in [-0.1, -0.05) is 265 Å². The van der Waals surface area contributed by atoms with Gasteiger partial charge in [-0.25, -0.2) is 0 Å². The summed E-state index contributed by atoms with van der Waals surface area (Å²) in [5.41, 5.74) is 0. The monoisotopic (exact) mass is 591 g/mol. The highest BCUT2D eigenvalue weighted by Crippen LogP contribution is 2.24. The highest BCUT2D eigenvalue weighted by molar-refractivity contribution is 4.62. The molecule has 254 valence electrons. The lowest BCUT2D eigenvalue weighted by molar-refractivity contribution is 0.370. The maximum atomic E-state index is 2.38. The van der Waals surface area contributed by atoms with Crippen molar-refractivity contribution >= 4 is 0 Å². The summed E-state index contributed by atoms with van der Waals surface area (Å²) in [5.74, 6) is 1.04. The predicted octanol–water partition coefficient (Wildman–Crippen LogP) is 16.5. The molecule has 0 amide bonds. The fourth-order valence-corrected chi connectivity index (χ4v) is 7.06. The van der Waals surface area contributed by atoms with Gasteiger partial charge < -0.3 is 0 Å². The average molecular weight is 591 g/mol. The Morgan fingerprint density at radius 3 is 0.571 bits per heavy atom. The zero-order valence-electron chi connectivity index (χ0n) is 30.4. The Hall–Kier alpha value is 0. The Bertz CT molecular complexity index is 439. The number of rotatable bonds is 38. The predicted molar refractivity (Wildman–Crippen MR) is 196 cm³/mol. The van der Waals surface area contributed by atoms with E-state index < -0.39 is 0 Å². The van der Waals surface area contributed by atoms with Crippen molar-refractivity contribution in [2.45, 2.75) is 265 Å². The maximum Gasteiger partial charge on any atom is -0.0414 e. The maximum absolute atomic E-state index is 2.38. The summed E-state index contributed by atoms with van der Waals surface area (Å²) in [6.45, 7) is 7.00. The molecule has 0 bridgehead atoms. The van der Waals surface area contributed by atoms with Gasteiger partial charge in [0.25, 0.3) is 0 Å². The molecule has 0 aromatic carbocycles. The lowest BCUT2D eigenvalue weighted by Crippen LogP contribution is -2.01. The summed E-state index contributed by atoms with van der Waals surface area (Å²) in [6.07, 6.45) is 56.3. The minimum atomic E-state index is 1.04. The number of unbranched alkanes of at least 4 members (excludes halogenated alkanes) is 32. The van der Waals surface area contributed by atoms with Crippen LogP contribution in [0.1, 0.15) is 265 Å². The van der Waals surface area contributed by atoms with Crippen LogP contribution in [0.5, 0.6) is 0 Å².